The van der Waals surface area contributed by atoms with Crippen LogP contribution >= 0.6 is 23.1 Å². The summed E-state index contributed by atoms with van der Waals surface area (Å²) in [5.74, 6) is 1.53. The van der Waals surface area contributed by atoms with Crippen molar-refractivity contribution in [3.8, 4) is 17.2 Å². The Morgan fingerprint density at radius 1 is 1.06 bits per heavy atom. The van der Waals surface area contributed by atoms with Crippen molar-refractivity contribution in [3.05, 3.63) is 27.6 Å². The molecule has 2 heterocycles. The highest BCUT2D eigenvalue weighted by atomic mass is 32.2. The van der Waals surface area contributed by atoms with E-state index in [0.29, 0.717) is 32.5 Å². The fraction of sp³-hybridized carbons (Fsp3) is 0.455. The Balaban J connectivity index is 1.74. The van der Waals surface area contributed by atoms with Gasteiger partial charge < -0.3 is 14.2 Å². The molecule has 1 aliphatic heterocycles. The van der Waals surface area contributed by atoms with E-state index in [-0.39, 0.29) is 11.9 Å². The molecule has 0 N–H and O–H groups in total. The number of hydrogen-bond donors (Lipinski definition) is 0. The van der Waals surface area contributed by atoms with Crippen molar-refractivity contribution in [2.75, 3.05) is 21.3 Å². The second kappa shape index (κ2) is 9.91. The molecule has 10 heteroatoms. The number of aliphatic imine (C=N–C) groups is 1. The Hall–Kier alpha value is -2.59. The lowest BCUT2D eigenvalue weighted by molar-refractivity contribution is -0.124. The Morgan fingerprint density at radius 2 is 1.81 bits per heavy atom. The van der Waals surface area contributed by atoms with Gasteiger partial charge in [-0.05, 0) is 49.7 Å². The first kappa shape index (κ1) is 22.6. The molecule has 0 unspecified atom stereocenters. The summed E-state index contributed by atoms with van der Waals surface area (Å²) < 4.78 is 16.5. The molecule has 4 rings (SSSR count). The van der Waals surface area contributed by atoms with Crippen LogP contribution in [0.2, 0.25) is 0 Å². The van der Waals surface area contributed by atoms with Crippen molar-refractivity contribution in [3.63, 3.8) is 0 Å². The third-order valence-electron chi connectivity index (χ3n) is 5.50. The molecule has 1 saturated heterocycles. The van der Waals surface area contributed by atoms with Crippen LogP contribution in [0, 0.1) is 6.92 Å². The molecule has 8 nitrogen and oxygen atoms in total. The fourth-order valence-electron chi connectivity index (χ4n) is 4.02. The molecule has 2 aliphatic rings. The van der Waals surface area contributed by atoms with Gasteiger partial charge in [0.25, 0.3) is 5.91 Å². The number of ether oxygens (including phenoxy) is 3. The minimum atomic E-state index is -0.0428. The number of nitrogens with zero attached hydrogens (tertiary/aromatic N) is 4. The zero-order valence-corrected chi connectivity index (χ0v) is 20.2. The number of benzene rings is 1. The molecule has 32 heavy (non-hydrogen) atoms. The van der Waals surface area contributed by atoms with Crippen LogP contribution < -0.4 is 14.2 Å². The van der Waals surface area contributed by atoms with Crippen LogP contribution in [0.25, 0.3) is 6.08 Å². The van der Waals surface area contributed by atoms with E-state index in [0.717, 1.165) is 36.3 Å². The molecule has 2 aromatic rings. The summed E-state index contributed by atoms with van der Waals surface area (Å²) in [4.78, 5) is 20.6. The minimum absolute atomic E-state index is 0.0428. The zero-order chi connectivity index (χ0) is 22.7. The number of carbonyl (C=O) groups excluding carboxylic acids is 1. The number of methoxy groups -OCH3 is 3. The molecule has 170 valence electrons. The zero-order valence-electron chi connectivity index (χ0n) is 18.6. The second-order valence-corrected chi connectivity index (χ2v) is 9.67. The van der Waals surface area contributed by atoms with Crippen molar-refractivity contribution in [1.82, 2.24) is 15.1 Å². The largest absolute Gasteiger partial charge is 0.493 e. The number of rotatable bonds is 6. The predicted molar refractivity (Wildman–Crippen MR) is 127 cm³/mol. The lowest BCUT2D eigenvalue weighted by Crippen LogP contribution is -2.40. The van der Waals surface area contributed by atoms with Crippen LogP contribution in [-0.4, -0.2) is 53.5 Å². The molecule has 0 bridgehead atoms. The number of carbonyl (C=O) groups is 1. The summed E-state index contributed by atoms with van der Waals surface area (Å²) >= 11 is 2.77. The average molecular weight is 475 g/mol. The monoisotopic (exact) mass is 474 g/mol. The molecule has 0 atom stereocenters. The van der Waals surface area contributed by atoms with E-state index in [1.54, 1.807) is 27.4 Å². The van der Waals surface area contributed by atoms with E-state index >= 15 is 0 Å². The van der Waals surface area contributed by atoms with Crippen LogP contribution in [0.3, 0.4) is 0 Å². The van der Waals surface area contributed by atoms with Crippen LogP contribution in [0.15, 0.2) is 22.0 Å². The van der Waals surface area contributed by atoms with E-state index < -0.39 is 0 Å². The summed E-state index contributed by atoms with van der Waals surface area (Å²) in [5, 5.41) is 10.2. The van der Waals surface area contributed by atoms with Crippen molar-refractivity contribution in [1.29, 1.82) is 0 Å². The molecule has 1 saturated carbocycles. The van der Waals surface area contributed by atoms with E-state index in [4.69, 9.17) is 19.2 Å². The lowest BCUT2D eigenvalue weighted by atomic mass is 9.94. The second-order valence-electron chi connectivity index (χ2n) is 7.50. The number of aryl methyl sites for hydroxylation is 1. The van der Waals surface area contributed by atoms with E-state index in [1.165, 1.54) is 29.5 Å². The smallest absolute Gasteiger partial charge is 0.267 e. The maximum absolute atomic E-state index is 13.5. The molecular formula is C22H26N4O4S2. The van der Waals surface area contributed by atoms with Crippen molar-refractivity contribution in [2.45, 2.75) is 45.1 Å². The molecule has 1 aromatic carbocycles. The van der Waals surface area contributed by atoms with Gasteiger partial charge in [-0.2, -0.15) is 4.99 Å². The fourth-order valence-corrected chi connectivity index (χ4v) is 5.67. The van der Waals surface area contributed by atoms with E-state index in [9.17, 15) is 4.79 Å². The molecule has 1 amide bonds. The lowest BCUT2D eigenvalue weighted by Gasteiger charge is -2.30. The summed E-state index contributed by atoms with van der Waals surface area (Å²) in [7, 11) is 4.71. The minimum Gasteiger partial charge on any atom is -0.493 e. The van der Waals surface area contributed by atoms with E-state index in [2.05, 4.69) is 10.2 Å². The van der Waals surface area contributed by atoms with Gasteiger partial charge in [0.05, 0.1) is 26.2 Å². The van der Waals surface area contributed by atoms with Gasteiger partial charge in [0.2, 0.25) is 10.9 Å². The van der Waals surface area contributed by atoms with Gasteiger partial charge in [0.1, 0.15) is 5.01 Å². The molecule has 0 radical (unpaired) electrons. The van der Waals surface area contributed by atoms with Crippen LogP contribution in [0.4, 0.5) is 5.13 Å². The summed E-state index contributed by atoms with van der Waals surface area (Å²) in [5.41, 5.74) is 0.734. The Morgan fingerprint density at radius 3 is 2.44 bits per heavy atom. The quantitative estimate of drug-likeness (QED) is 0.555. The highest BCUT2D eigenvalue weighted by Gasteiger charge is 2.39. The average Bonchev–Trinajstić information content (AvgIpc) is 3.36. The van der Waals surface area contributed by atoms with E-state index in [1.807, 2.05) is 24.0 Å². The van der Waals surface area contributed by atoms with Crippen molar-refractivity contribution < 1.29 is 19.0 Å². The number of amides is 1. The van der Waals surface area contributed by atoms with Gasteiger partial charge in [0.15, 0.2) is 16.7 Å². The Labute approximate surface area is 195 Å². The maximum Gasteiger partial charge on any atom is 0.267 e. The van der Waals surface area contributed by atoms with Gasteiger partial charge in [-0.3, -0.25) is 9.69 Å². The Bertz CT molecular complexity index is 1060. The first-order valence-electron chi connectivity index (χ1n) is 10.5. The maximum atomic E-state index is 13.5. The third kappa shape index (κ3) is 4.47. The van der Waals surface area contributed by atoms with Crippen LogP contribution in [-0.2, 0) is 4.79 Å². The number of hydrogen-bond acceptors (Lipinski definition) is 9. The summed E-state index contributed by atoms with van der Waals surface area (Å²) in [6, 6.07) is 3.81. The highest BCUT2D eigenvalue weighted by molar-refractivity contribution is 8.18. The standard InChI is InChI=1S/C22H26N4O4S2/c1-13-24-25-21(31-13)23-22-26(15-8-6-5-7-9-15)20(27)17(32-22)12-14-10-11-16(28-2)19(30-4)18(14)29-3/h10-12,15H,5-9H2,1-4H3/b17-12-,23-22+. The molecular weight excluding hydrogens is 448 g/mol. The van der Waals surface area contributed by atoms with Crippen LogP contribution in [0.1, 0.15) is 42.7 Å². The van der Waals surface area contributed by atoms with Gasteiger partial charge in [-0.1, -0.05) is 30.6 Å². The summed E-state index contributed by atoms with van der Waals surface area (Å²) in [6.45, 7) is 1.89. The van der Waals surface area contributed by atoms with Gasteiger partial charge in [0, 0.05) is 11.6 Å². The molecule has 1 aliphatic carbocycles. The van der Waals surface area contributed by atoms with Gasteiger partial charge >= 0.3 is 0 Å². The molecule has 2 fully saturated rings. The first-order chi connectivity index (χ1) is 15.5. The van der Waals surface area contributed by atoms with Crippen molar-refractivity contribution >= 4 is 45.4 Å². The number of aromatic nitrogens is 2. The highest BCUT2D eigenvalue weighted by Crippen LogP contribution is 2.43. The topological polar surface area (TPSA) is 86.1 Å². The van der Waals surface area contributed by atoms with Crippen molar-refractivity contribution in [2.24, 2.45) is 4.99 Å². The Kier molecular flexibility index (Phi) is 7.00. The third-order valence-corrected chi connectivity index (χ3v) is 7.22. The number of amidine groups is 1. The predicted octanol–water partition coefficient (Wildman–Crippen LogP) is 4.81. The summed E-state index contributed by atoms with van der Waals surface area (Å²) in [6.07, 6.45) is 7.23. The molecule has 0 spiro atoms. The SMILES string of the molecule is COc1ccc(/C=C2\S/C(=N/c3nnc(C)s3)N(C3CCCCC3)C2=O)c(OC)c1OC. The number of thioether (sulfide) groups is 1. The van der Waals surface area contributed by atoms with Gasteiger partial charge in [-0.15, -0.1) is 10.2 Å². The molecule has 1 aromatic heterocycles. The van der Waals surface area contributed by atoms with Crippen LogP contribution in [0.5, 0.6) is 17.2 Å². The van der Waals surface area contributed by atoms with Gasteiger partial charge in [-0.25, -0.2) is 0 Å². The first-order valence-corrected chi connectivity index (χ1v) is 12.1. The normalized spacial score (nSPS) is 19.8.